The lowest BCUT2D eigenvalue weighted by atomic mass is 10.1. The summed E-state index contributed by atoms with van der Waals surface area (Å²) >= 11 is 0. The van der Waals surface area contributed by atoms with Crippen molar-refractivity contribution in [1.29, 1.82) is 0 Å². The number of anilines is 1. The molecule has 2 aromatic carbocycles. The third kappa shape index (κ3) is 7.46. The molecule has 11 heteroatoms. The molecule has 0 fully saturated rings. The van der Waals surface area contributed by atoms with Gasteiger partial charge in [0.1, 0.15) is 5.75 Å². The fraction of sp³-hybridized carbons (Fsp3) is 0.200. The lowest BCUT2D eigenvalue weighted by Gasteiger charge is -2.13. The Balaban J connectivity index is 1.86. The molecule has 3 amide bonds. The number of carbonyl (C=O) groups is 3. The summed E-state index contributed by atoms with van der Waals surface area (Å²) in [7, 11) is 0. The van der Waals surface area contributed by atoms with E-state index in [0.29, 0.717) is 17.9 Å². The molecule has 0 saturated heterocycles. The van der Waals surface area contributed by atoms with Crippen molar-refractivity contribution in [3.63, 3.8) is 0 Å². The number of hydrazone groups is 1. The second-order valence-corrected chi connectivity index (χ2v) is 6.01. The van der Waals surface area contributed by atoms with E-state index in [-0.39, 0.29) is 5.69 Å². The molecular weight excluding hydrogens is 417 g/mol. The highest BCUT2D eigenvalue weighted by Gasteiger charge is 2.33. The fourth-order valence-corrected chi connectivity index (χ4v) is 2.28. The molecule has 164 valence electrons. The van der Waals surface area contributed by atoms with Gasteiger partial charge in [0.2, 0.25) is 0 Å². The maximum Gasteiger partial charge on any atom is 0.418 e. The van der Waals surface area contributed by atoms with Crippen LogP contribution in [0.1, 0.15) is 18.1 Å². The van der Waals surface area contributed by atoms with Crippen LogP contribution in [0.2, 0.25) is 0 Å². The van der Waals surface area contributed by atoms with Crippen molar-refractivity contribution < 1.29 is 32.3 Å². The molecular formula is C20H19F3N4O4. The smallest absolute Gasteiger partial charge is 0.418 e. The first kappa shape index (κ1) is 23.4. The Kier molecular flexibility index (Phi) is 8.12. The molecule has 0 aliphatic carbocycles. The van der Waals surface area contributed by atoms with Crippen LogP contribution in [-0.2, 0) is 20.6 Å². The molecule has 0 aliphatic rings. The molecule has 31 heavy (non-hydrogen) atoms. The Bertz CT molecular complexity index is 960. The quantitative estimate of drug-likeness (QED) is 0.352. The summed E-state index contributed by atoms with van der Waals surface area (Å²) in [5.74, 6) is -2.17. The molecule has 0 atom stereocenters. The first-order chi connectivity index (χ1) is 14.7. The van der Waals surface area contributed by atoms with Crippen molar-refractivity contribution in [2.24, 2.45) is 5.10 Å². The van der Waals surface area contributed by atoms with E-state index < -0.39 is 36.1 Å². The van der Waals surface area contributed by atoms with E-state index >= 15 is 0 Å². The minimum absolute atomic E-state index is 0.294. The Morgan fingerprint density at radius 3 is 2.35 bits per heavy atom. The van der Waals surface area contributed by atoms with E-state index in [4.69, 9.17) is 4.74 Å². The zero-order chi connectivity index (χ0) is 22.9. The highest BCUT2D eigenvalue weighted by atomic mass is 19.4. The predicted molar refractivity (Wildman–Crippen MR) is 106 cm³/mol. The first-order valence-electron chi connectivity index (χ1n) is 9.01. The van der Waals surface area contributed by atoms with E-state index in [1.54, 1.807) is 19.1 Å². The van der Waals surface area contributed by atoms with Gasteiger partial charge in [-0.05, 0) is 48.9 Å². The average molecular weight is 436 g/mol. The number of nitrogens with zero attached hydrogens (tertiary/aromatic N) is 1. The van der Waals surface area contributed by atoms with Crippen molar-refractivity contribution in [2.75, 3.05) is 18.5 Å². The largest absolute Gasteiger partial charge is 0.484 e. The number of benzene rings is 2. The maximum absolute atomic E-state index is 13.0. The molecule has 0 heterocycles. The van der Waals surface area contributed by atoms with Crippen LogP contribution in [-0.4, -0.2) is 37.1 Å². The molecule has 3 N–H and O–H groups in total. The molecule has 0 aromatic heterocycles. The zero-order valence-corrected chi connectivity index (χ0v) is 16.3. The van der Waals surface area contributed by atoms with E-state index in [0.717, 1.165) is 12.1 Å². The van der Waals surface area contributed by atoms with Crippen LogP contribution in [0.15, 0.2) is 53.6 Å². The monoisotopic (exact) mass is 436 g/mol. The fourth-order valence-electron chi connectivity index (χ4n) is 2.28. The number of carbonyl (C=O) groups excluding carboxylic acids is 3. The van der Waals surface area contributed by atoms with Crippen molar-refractivity contribution in [1.82, 2.24) is 10.7 Å². The molecule has 8 nitrogen and oxygen atoms in total. The van der Waals surface area contributed by atoms with Gasteiger partial charge in [0.05, 0.1) is 17.5 Å². The zero-order valence-electron chi connectivity index (χ0n) is 16.3. The molecule has 0 spiro atoms. The van der Waals surface area contributed by atoms with Crippen LogP contribution in [0.4, 0.5) is 18.9 Å². The number of para-hydroxylation sites is 1. The third-order valence-corrected chi connectivity index (χ3v) is 3.68. The van der Waals surface area contributed by atoms with Gasteiger partial charge in [0.15, 0.2) is 6.61 Å². The normalized spacial score (nSPS) is 11.1. The summed E-state index contributed by atoms with van der Waals surface area (Å²) in [5, 5.41) is 8.14. The number of amides is 3. The molecule has 2 rings (SSSR count). The molecule has 0 unspecified atom stereocenters. The number of alkyl halides is 3. The van der Waals surface area contributed by atoms with Gasteiger partial charge in [-0.15, -0.1) is 0 Å². The van der Waals surface area contributed by atoms with Gasteiger partial charge in [0, 0.05) is 6.54 Å². The third-order valence-electron chi connectivity index (χ3n) is 3.68. The highest BCUT2D eigenvalue weighted by molar-refractivity contribution is 6.35. The number of likely N-dealkylation sites (N-methyl/N-ethyl adjacent to an activating group) is 1. The van der Waals surface area contributed by atoms with Gasteiger partial charge in [-0.25, -0.2) is 5.43 Å². The molecule has 0 saturated carbocycles. The van der Waals surface area contributed by atoms with Crippen molar-refractivity contribution >= 4 is 29.6 Å². The number of halogens is 3. The van der Waals surface area contributed by atoms with E-state index in [1.807, 2.05) is 0 Å². The summed E-state index contributed by atoms with van der Waals surface area (Å²) in [6, 6.07) is 10.8. The van der Waals surface area contributed by atoms with Gasteiger partial charge in [-0.3, -0.25) is 14.4 Å². The predicted octanol–water partition coefficient (Wildman–Crippen LogP) is 2.31. The summed E-state index contributed by atoms with van der Waals surface area (Å²) in [4.78, 5) is 34.6. The number of ether oxygens (including phenoxy) is 1. The Morgan fingerprint density at radius 2 is 1.71 bits per heavy atom. The standard InChI is InChI=1S/C20H19F3N4O4/c1-2-24-18(29)19(30)27-25-11-13-7-9-14(10-8-13)31-12-17(28)26-16-6-4-3-5-15(16)20(21,22)23/h3-11H,2,12H2,1H3,(H,24,29)(H,26,28)(H,27,30)/b25-11-. The summed E-state index contributed by atoms with van der Waals surface area (Å²) in [6.07, 6.45) is -3.30. The highest BCUT2D eigenvalue weighted by Crippen LogP contribution is 2.34. The summed E-state index contributed by atoms with van der Waals surface area (Å²) in [5.41, 5.74) is 1.32. The van der Waals surface area contributed by atoms with Gasteiger partial charge in [-0.2, -0.15) is 18.3 Å². The average Bonchev–Trinajstić information content (AvgIpc) is 2.73. The van der Waals surface area contributed by atoms with Gasteiger partial charge in [0.25, 0.3) is 5.91 Å². The van der Waals surface area contributed by atoms with Crippen LogP contribution >= 0.6 is 0 Å². The van der Waals surface area contributed by atoms with Crippen LogP contribution < -0.4 is 20.8 Å². The number of nitrogens with one attached hydrogen (secondary N) is 3. The van der Waals surface area contributed by atoms with Crippen molar-refractivity contribution in [3.05, 3.63) is 59.7 Å². The Hall–Kier alpha value is -3.89. The first-order valence-corrected chi connectivity index (χ1v) is 9.01. The van der Waals surface area contributed by atoms with Crippen LogP contribution in [0.3, 0.4) is 0 Å². The SMILES string of the molecule is CCNC(=O)C(=O)N/N=C\c1ccc(OCC(=O)Nc2ccccc2C(F)(F)F)cc1. The molecule has 0 bridgehead atoms. The second kappa shape index (κ2) is 10.8. The van der Waals surface area contributed by atoms with Crippen LogP contribution in [0.5, 0.6) is 5.75 Å². The number of rotatable bonds is 7. The maximum atomic E-state index is 13.0. The van der Waals surface area contributed by atoms with E-state index in [9.17, 15) is 27.6 Å². The van der Waals surface area contributed by atoms with Crippen LogP contribution in [0, 0.1) is 0 Å². The molecule has 0 aliphatic heterocycles. The van der Waals surface area contributed by atoms with Gasteiger partial charge in [-0.1, -0.05) is 12.1 Å². The van der Waals surface area contributed by atoms with Gasteiger partial charge >= 0.3 is 18.0 Å². The Morgan fingerprint density at radius 1 is 1.03 bits per heavy atom. The van der Waals surface area contributed by atoms with E-state index in [2.05, 4.69) is 21.2 Å². The summed E-state index contributed by atoms with van der Waals surface area (Å²) < 4.78 is 44.1. The molecule has 2 aromatic rings. The second-order valence-electron chi connectivity index (χ2n) is 6.01. The van der Waals surface area contributed by atoms with Crippen molar-refractivity contribution in [2.45, 2.75) is 13.1 Å². The van der Waals surface area contributed by atoms with Crippen molar-refractivity contribution in [3.8, 4) is 5.75 Å². The number of hydrogen-bond donors (Lipinski definition) is 3. The topological polar surface area (TPSA) is 109 Å². The lowest BCUT2D eigenvalue weighted by molar-refractivity contribution is -0.139. The van der Waals surface area contributed by atoms with Gasteiger partial charge < -0.3 is 15.4 Å². The summed E-state index contributed by atoms with van der Waals surface area (Å²) in [6.45, 7) is 1.48. The molecule has 0 radical (unpaired) electrons. The lowest BCUT2D eigenvalue weighted by Crippen LogP contribution is -2.37. The Labute approximate surface area is 175 Å². The number of hydrogen-bond acceptors (Lipinski definition) is 5. The minimum Gasteiger partial charge on any atom is -0.484 e. The van der Waals surface area contributed by atoms with Crippen LogP contribution in [0.25, 0.3) is 0 Å². The minimum atomic E-state index is -4.60. The van der Waals surface area contributed by atoms with E-state index in [1.165, 1.54) is 30.5 Å².